The molecule has 1 amide bonds. The van der Waals surface area contributed by atoms with E-state index in [1.807, 2.05) is 6.92 Å². The monoisotopic (exact) mass is 331 g/mol. The number of hydrogen-bond acceptors (Lipinski definition) is 3. The van der Waals surface area contributed by atoms with Crippen LogP contribution in [0.3, 0.4) is 0 Å². The number of carbonyl (C=O) groups is 2. The van der Waals surface area contributed by atoms with Gasteiger partial charge in [0.15, 0.2) is 5.76 Å². The van der Waals surface area contributed by atoms with Gasteiger partial charge in [-0.05, 0) is 55.2 Å². The van der Waals surface area contributed by atoms with Gasteiger partial charge in [-0.1, -0.05) is 6.92 Å². The van der Waals surface area contributed by atoms with E-state index in [1.54, 1.807) is 18.2 Å². The highest BCUT2D eigenvalue weighted by molar-refractivity contribution is 5.95. The molecule has 0 spiro atoms. The van der Waals surface area contributed by atoms with Gasteiger partial charge in [-0.3, -0.25) is 4.79 Å². The van der Waals surface area contributed by atoms with Gasteiger partial charge in [0.05, 0.1) is 0 Å². The number of halogens is 1. The zero-order valence-electron chi connectivity index (χ0n) is 13.2. The van der Waals surface area contributed by atoms with Crippen LogP contribution in [0.25, 0.3) is 11.3 Å². The number of likely N-dealkylation sites (tertiary alicyclic amines) is 1. The van der Waals surface area contributed by atoms with Crippen molar-refractivity contribution in [3.8, 4) is 11.3 Å². The average Bonchev–Trinajstić information content (AvgIpc) is 3.04. The molecule has 1 aliphatic rings. The number of nitrogens with zero attached hydrogens (tertiary/aromatic N) is 1. The number of benzene rings is 1. The first-order chi connectivity index (χ1) is 11.5. The summed E-state index contributed by atoms with van der Waals surface area (Å²) in [6, 6.07) is 8.06. The lowest BCUT2D eigenvalue weighted by Crippen LogP contribution is -2.49. The van der Waals surface area contributed by atoms with Gasteiger partial charge in [-0.25, -0.2) is 9.18 Å². The summed E-state index contributed by atoms with van der Waals surface area (Å²) in [6.07, 6.45) is 1.20. The molecule has 126 valence electrons. The maximum Gasteiger partial charge on any atom is 0.326 e. The molecule has 2 atom stereocenters. The second kappa shape index (κ2) is 6.47. The lowest BCUT2D eigenvalue weighted by molar-refractivity contribution is -0.144. The minimum atomic E-state index is -1.000. The Balaban J connectivity index is 1.82. The molecule has 2 heterocycles. The van der Waals surface area contributed by atoms with E-state index in [1.165, 1.54) is 23.1 Å². The van der Waals surface area contributed by atoms with E-state index in [4.69, 9.17) is 4.42 Å². The second-order valence-corrected chi connectivity index (χ2v) is 6.15. The number of rotatable bonds is 3. The predicted octanol–water partition coefficient (Wildman–Crippen LogP) is 3.41. The van der Waals surface area contributed by atoms with E-state index >= 15 is 0 Å². The molecule has 2 aromatic rings. The van der Waals surface area contributed by atoms with Crippen LogP contribution in [0, 0.1) is 11.7 Å². The molecule has 1 fully saturated rings. The van der Waals surface area contributed by atoms with E-state index in [0.29, 0.717) is 24.3 Å². The van der Waals surface area contributed by atoms with Gasteiger partial charge in [0.2, 0.25) is 0 Å². The Morgan fingerprint density at radius 1 is 1.21 bits per heavy atom. The summed E-state index contributed by atoms with van der Waals surface area (Å²) in [5.41, 5.74) is 0.650. The van der Waals surface area contributed by atoms with Gasteiger partial charge in [0.25, 0.3) is 5.91 Å². The van der Waals surface area contributed by atoms with Crippen molar-refractivity contribution in [3.05, 3.63) is 48.0 Å². The van der Waals surface area contributed by atoms with E-state index in [2.05, 4.69) is 0 Å². The van der Waals surface area contributed by atoms with Crippen LogP contribution in [0.1, 0.15) is 30.3 Å². The Labute approximate surface area is 138 Å². The third-order valence-electron chi connectivity index (χ3n) is 4.36. The van der Waals surface area contributed by atoms with Crippen LogP contribution in [0.4, 0.5) is 4.39 Å². The van der Waals surface area contributed by atoms with Gasteiger partial charge in [-0.2, -0.15) is 0 Å². The van der Waals surface area contributed by atoms with Crippen molar-refractivity contribution in [1.29, 1.82) is 0 Å². The quantitative estimate of drug-likeness (QED) is 0.935. The van der Waals surface area contributed by atoms with Crippen LogP contribution in [-0.4, -0.2) is 34.5 Å². The maximum absolute atomic E-state index is 13.0. The van der Waals surface area contributed by atoms with Gasteiger partial charge < -0.3 is 14.4 Å². The number of carboxylic acid groups (broad SMARTS) is 1. The molecule has 5 nitrogen and oxygen atoms in total. The fourth-order valence-corrected chi connectivity index (χ4v) is 2.98. The topological polar surface area (TPSA) is 70.8 Å². The molecule has 1 aromatic carbocycles. The number of amides is 1. The average molecular weight is 331 g/mol. The predicted molar refractivity (Wildman–Crippen MR) is 85.0 cm³/mol. The summed E-state index contributed by atoms with van der Waals surface area (Å²) in [6.45, 7) is 2.38. The molecule has 0 radical (unpaired) electrons. The fourth-order valence-electron chi connectivity index (χ4n) is 2.98. The van der Waals surface area contributed by atoms with Crippen LogP contribution in [0.15, 0.2) is 40.8 Å². The summed E-state index contributed by atoms with van der Waals surface area (Å²) >= 11 is 0. The molecule has 0 aliphatic carbocycles. The number of aliphatic carboxylic acids is 1. The van der Waals surface area contributed by atoms with Crippen LogP contribution in [0.5, 0.6) is 0 Å². The maximum atomic E-state index is 13.0. The molecule has 3 rings (SSSR count). The van der Waals surface area contributed by atoms with E-state index in [-0.39, 0.29) is 17.5 Å². The molecule has 1 N–H and O–H groups in total. The van der Waals surface area contributed by atoms with Crippen molar-refractivity contribution in [2.75, 3.05) is 6.54 Å². The van der Waals surface area contributed by atoms with E-state index < -0.39 is 17.9 Å². The van der Waals surface area contributed by atoms with Crippen molar-refractivity contribution in [2.45, 2.75) is 25.8 Å². The third-order valence-corrected chi connectivity index (χ3v) is 4.36. The molecule has 1 aromatic heterocycles. The first-order valence-electron chi connectivity index (χ1n) is 7.85. The molecule has 0 bridgehead atoms. The normalized spacial score (nSPS) is 20.8. The molecule has 6 heteroatoms. The Morgan fingerprint density at radius 3 is 2.58 bits per heavy atom. The minimum absolute atomic E-state index is 0.0927. The molecule has 24 heavy (non-hydrogen) atoms. The lowest BCUT2D eigenvalue weighted by Gasteiger charge is -2.35. The third kappa shape index (κ3) is 3.18. The Bertz CT molecular complexity index is 753. The van der Waals surface area contributed by atoms with Crippen molar-refractivity contribution in [1.82, 2.24) is 4.90 Å². The van der Waals surface area contributed by atoms with Crippen molar-refractivity contribution in [2.24, 2.45) is 5.92 Å². The Kier molecular flexibility index (Phi) is 4.38. The van der Waals surface area contributed by atoms with Crippen LogP contribution >= 0.6 is 0 Å². The first kappa shape index (κ1) is 16.2. The Morgan fingerprint density at radius 2 is 1.92 bits per heavy atom. The highest BCUT2D eigenvalue weighted by atomic mass is 19.1. The molecule has 0 saturated carbocycles. The standard InChI is InChI=1S/C18H18FNO4/c1-11-8-9-20(14(10-11)18(22)23)17(21)16-7-6-15(24-16)12-2-4-13(19)5-3-12/h2-7,11,14H,8-10H2,1H3,(H,22,23). The molecular weight excluding hydrogens is 313 g/mol. The van der Waals surface area contributed by atoms with E-state index in [9.17, 15) is 19.1 Å². The molecule has 1 saturated heterocycles. The van der Waals surface area contributed by atoms with Gasteiger partial charge >= 0.3 is 5.97 Å². The van der Waals surface area contributed by atoms with Gasteiger partial charge in [0.1, 0.15) is 17.6 Å². The second-order valence-electron chi connectivity index (χ2n) is 6.15. The summed E-state index contributed by atoms with van der Waals surface area (Å²) in [7, 11) is 0. The smallest absolute Gasteiger partial charge is 0.326 e. The Hall–Kier alpha value is -2.63. The highest BCUT2D eigenvalue weighted by Gasteiger charge is 2.36. The minimum Gasteiger partial charge on any atom is -0.480 e. The number of carboxylic acids is 1. The van der Waals surface area contributed by atoms with Gasteiger partial charge in [0, 0.05) is 12.1 Å². The zero-order valence-corrected chi connectivity index (χ0v) is 13.2. The van der Waals surface area contributed by atoms with E-state index in [0.717, 1.165) is 6.42 Å². The fraction of sp³-hybridized carbons (Fsp3) is 0.333. The van der Waals surface area contributed by atoms with Crippen LogP contribution in [-0.2, 0) is 4.79 Å². The van der Waals surface area contributed by atoms with Gasteiger partial charge in [-0.15, -0.1) is 0 Å². The molecule has 1 aliphatic heterocycles. The van der Waals surface area contributed by atoms with Crippen LogP contribution < -0.4 is 0 Å². The van der Waals surface area contributed by atoms with Crippen molar-refractivity contribution in [3.63, 3.8) is 0 Å². The lowest BCUT2D eigenvalue weighted by atomic mass is 9.92. The molecular formula is C18H18FNO4. The molecule has 2 unspecified atom stereocenters. The zero-order chi connectivity index (χ0) is 17.3. The highest BCUT2D eigenvalue weighted by Crippen LogP contribution is 2.27. The summed E-state index contributed by atoms with van der Waals surface area (Å²) in [4.78, 5) is 25.4. The van der Waals surface area contributed by atoms with Crippen LogP contribution in [0.2, 0.25) is 0 Å². The number of hydrogen-bond donors (Lipinski definition) is 1. The summed E-state index contributed by atoms with van der Waals surface area (Å²) < 4.78 is 18.6. The van der Waals surface area contributed by atoms with Crippen molar-refractivity contribution < 1.29 is 23.5 Å². The number of piperidine rings is 1. The number of carbonyl (C=O) groups excluding carboxylic acids is 1. The SMILES string of the molecule is CC1CCN(C(=O)c2ccc(-c3ccc(F)cc3)o2)C(C(=O)O)C1. The summed E-state index contributed by atoms with van der Waals surface area (Å²) in [5.74, 6) is -0.983. The largest absolute Gasteiger partial charge is 0.480 e. The summed E-state index contributed by atoms with van der Waals surface area (Å²) in [5, 5.41) is 9.37. The van der Waals surface area contributed by atoms with Crippen molar-refractivity contribution >= 4 is 11.9 Å². The number of furan rings is 1. The first-order valence-corrected chi connectivity index (χ1v) is 7.85.